The van der Waals surface area contributed by atoms with Crippen molar-refractivity contribution in [3.05, 3.63) is 39.6 Å². The molecule has 0 aliphatic carbocycles. The second-order valence-corrected chi connectivity index (χ2v) is 4.08. The first-order valence-corrected chi connectivity index (χ1v) is 5.21. The highest BCUT2D eigenvalue weighted by Crippen LogP contribution is 2.31. The molecule has 0 aliphatic heterocycles. The van der Waals surface area contributed by atoms with Crippen molar-refractivity contribution < 1.29 is 4.42 Å². The van der Waals surface area contributed by atoms with Gasteiger partial charge in [0.25, 0.3) is 0 Å². The zero-order valence-corrected chi connectivity index (χ0v) is 9.67. The highest BCUT2D eigenvalue weighted by molar-refractivity contribution is 9.13. The largest absolute Gasteiger partial charge is 0.463 e. The van der Waals surface area contributed by atoms with Gasteiger partial charge in [-0.25, -0.2) is 0 Å². The van der Waals surface area contributed by atoms with Crippen LogP contribution < -0.4 is 0 Å². The molecule has 0 atom stereocenters. The fraction of sp³-hybridized carbons (Fsp3) is 0. The summed E-state index contributed by atoms with van der Waals surface area (Å²) in [5.74, 6) is 0.758. The van der Waals surface area contributed by atoms with E-state index in [-0.39, 0.29) is 0 Å². The smallest absolute Gasteiger partial charge is 0.153 e. The van der Waals surface area contributed by atoms with Gasteiger partial charge in [-0.1, -0.05) is 0 Å². The molecule has 2 nitrogen and oxygen atoms in total. The number of nitrogens with zero attached hydrogens (tertiary/aromatic N) is 1. The van der Waals surface area contributed by atoms with Gasteiger partial charge in [-0.3, -0.25) is 4.98 Å². The van der Waals surface area contributed by atoms with Crippen molar-refractivity contribution >= 4 is 31.9 Å². The van der Waals surface area contributed by atoms with Crippen LogP contribution in [0.5, 0.6) is 0 Å². The molecule has 0 amide bonds. The molecular weight excluding hydrogens is 298 g/mol. The Kier molecular flexibility index (Phi) is 2.51. The predicted octanol–water partition coefficient (Wildman–Crippen LogP) is 3.87. The lowest BCUT2D eigenvalue weighted by atomic mass is 10.3. The molecule has 2 aromatic heterocycles. The van der Waals surface area contributed by atoms with Crippen LogP contribution in [0.25, 0.3) is 11.5 Å². The van der Waals surface area contributed by atoms with Crippen LogP contribution in [0.3, 0.4) is 0 Å². The zero-order valence-electron chi connectivity index (χ0n) is 6.50. The maximum atomic E-state index is 5.24. The van der Waals surface area contributed by atoms with Gasteiger partial charge in [0.15, 0.2) is 5.76 Å². The van der Waals surface area contributed by atoms with Gasteiger partial charge in [0.05, 0.1) is 10.7 Å². The van der Waals surface area contributed by atoms with Gasteiger partial charge in [-0.2, -0.15) is 0 Å². The fourth-order valence-electron chi connectivity index (χ4n) is 1.01. The Bertz CT molecular complexity index is 412. The van der Waals surface area contributed by atoms with Crippen molar-refractivity contribution in [2.45, 2.75) is 0 Å². The molecule has 66 valence electrons. The molecule has 0 N–H and O–H groups in total. The van der Waals surface area contributed by atoms with Crippen molar-refractivity contribution in [2.24, 2.45) is 0 Å². The topological polar surface area (TPSA) is 26.0 Å². The number of halogens is 2. The van der Waals surface area contributed by atoms with Crippen molar-refractivity contribution in [3.8, 4) is 11.5 Å². The van der Waals surface area contributed by atoms with E-state index in [1.165, 1.54) is 0 Å². The first-order chi connectivity index (χ1) is 6.29. The van der Waals surface area contributed by atoms with E-state index < -0.39 is 0 Å². The molecule has 0 spiro atoms. The van der Waals surface area contributed by atoms with Gasteiger partial charge in [-0.05, 0) is 50.1 Å². The first-order valence-electron chi connectivity index (χ1n) is 3.63. The fourth-order valence-corrected chi connectivity index (χ4v) is 1.74. The van der Waals surface area contributed by atoms with E-state index in [4.69, 9.17) is 4.42 Å². The van der Waals surface area contributed by atoms with Crippen LogP contribution in [0.4, 0.5) is 0 Å². The molecule has 0 saturated heterocycles. The molecule has 4 heteroatoms. The predicted molar refractivity (Wildman–Crippen MR) is 57.3 cm³/mol. The van der Waals surface area contributed by atoms with Crippen LogP contribution in [0, 0.1) is 0 Å². The minimum absolute atomic E-state index is 0.758. The summed E-state index contributed by atoms with van der Waals surface area (Å²) in [6.45, 7) is 0. The summed E-state index contributed by atoms with van der Waals surface area (Å²) >= 11 is 6.84. The SMILES string of the molecule is Brc1ccnc(-c2ccco2)c1Br. The molecular formula is C9H5Br2NO. The highest BCUT2D eigenvalue weighted by atomic mass is 79.9. The van der Waals surface area contributed by atoms with E-state index >= 15 is 0 Å². The molecule has 0 aromatic carbocycles. The summed E-state index contributed by atoms with van der Waals surface area (Å²) < 4.78 is 7.12. The maximum absolute atomic E-state index is 5.24. The Balaban J connectivity index is 2.59. The summed E-state index contributed by atoms with van der Waals surface area (Å²) in [7, 11) is 0. The summed E-state index contributed by atoms with van der Waals surface area (Å²) in [5, 5.41) is 0. The van der Waals surface area contributed by atoms with E-state index in [0.717, 1.165) is 20.4 Å². The van der Waals surface area contributed by atoms with E-state index in [1.54, 1.807) is 12.5 Å². The van der Waals surface area contributed by atoms with Crippen LogP contribution in [-0.4, -0.2) is 4.98 Å². The number of hydrogen-bond acceptors (Lipinski definition) is 2. The number of hydrogen-bond donors (Lipinski definition) is 0. The second-order valence-electron chi connectivity index (χ2n) is 2.43. The third-order valence-corrected chi connectivity index (χ3v) is 3.59. The standard InChI is InChI=1S/C9H5Br2NO/c10-6-3-4-12-9(8(6)11)7-2-1-5-13-7/h1-5H. The first kappa shape index (κ1) is 8.97. The third-order valence-electron chi connectivity index (χ3n) is 1.60. The Hall–Kier alpha value is -0.610. The Morgan fingerprint density at radius 2 is 2.08 bits per heavy atom. The Morgan fingerprint density at radius 1 is 1.23 bits per heavy atom. The van der Waals surface area contributed by atoms with Crippen LogP contribution in [0.1, 0.15) is 0 Å². The molecule has 0 radical (unpaired) electrons. The number of pyridine rings is 1. The quantitative estimate of drug-likeness (QED) is 0.799. The van der Waals surface area contributed by atoms with Gasteiger partial charge in [0, 0.05) is 10.7 Å². The Labute approximate surface area is 92.2 Å². The molecule has 0 fully saturated rings. The molecule has 2 rings (SSSR count). The number of furan rings is 1. The molecule has 0 aliphatic rings. The van der Waals surface area contributed by atoms with Crippen LogP contribution in [0.2, 0.25) is 0 Å². The van der Waals surface area contributed by atoms with E-state index in [9.17, 15) is 0 Å². The van der Waals surface area contributed by atoms with Crippen LogP contribution in [-0.2, 0) is 0 Å². The average Bonchev–Trinajstić information content (AvgIpc) is 2.62. The normalized spacial score (nSPS) is 10.3. The molecule has 0 unspecified atom stereocenters. The molecule has 0 bridgehead atoms. The lowest BCUT2D eigenvalue weighted by Crippen LogP contribution is -1.83. The molecule has 2 heterocycles. The van der Waals surface area contributed by atoms with Crippen molar-refractivity contribution in [3.63, 3.8) is 0 Å². The van der Waals surface area contributed by atoms with Crippen molar-refractivity contribution in [1.29, 1.82) is 0 Å². The molecule has 2 aromatic rings. The highest BCUT2D eigenvalue weighted by Gasteiger charge is 2.09. The van der Waals surface area contributed by atoms with Gasteiger partial charge in [-0.15, -0.1) is 0 Å². The number of aromatic nitrogens is 1. The summed E-state index contributed by atoms with van der Waals surface area (Å²) in [6.07, 6.45) is 3.36. The van der Waals surface area contributed by atoms with E-state index in [1.807, 2.05) is 18.2 Å². The van der Waals surface area contributed by atoms with Crippen LogP contribution in [0.15, 0.2) is 44.0 Å². The van der Waals surface area contributed by atoms with E-state index in [0.29, 0.717) is 0 Å². The lowest BCUT2D eigenvalue weighted by Gasteiger charge is -2.00. The minimum atomic E-state index is 0.758. The number of rotatable bonds is 1. The maximum Gasteiger partial charge on any atom is 0.153 e. The molecule has 0 saturated carbocycles. The van der Waals surface area contributed by atoms with E-state index in [2.05, 4.69) is 36.8 Å². The van der Waals surface area contributed by atoms with Gasteiger partial charge >= 0.3 is 0 Å². The van der Waals surface area contributed by atoms with Crippen molar-refractivity contribution in [2.75, 3.05) is 0 Å². The minimum Gasteiger partial charge on any atom is -0.463 e. The summed E-state index contributed by atoms with van der Waals surface area (Å²) in [4.78, 5) is 4.21. The van der Waals surface area contributed by atoms with Gasteiger partial charge in [0.1, 0.15) is 5.69 Å². The lowest BCUT2D eigenvalue weighted by molar-refractivity contribution is 0.579. The van der Waals surface area contributed by atoms with Gasteiger partial charge in [0.2, 0.25) is 0 Å². The summed E-state index contributed by atoms with van der Waals surface area (Å²) in [6, 6.07) is 5.58. The summed E-state index contributed by atoms with van der Waals surface area (Å²) in [5.41, 5.74) is 0.805. The monoisotopic (exact) mass is 301 g/mol. The molecule has 13 heavy (non-hydrogen) atoms. The third kappa shape index (κ3) is 1.69. The Morgan fingerprint density at radius 3 is 2.77 bits per heavy atom. The zero-order chi connectivity index (χ0) is 9.26. The second kappa shape index (κ2) is 3.64. The van der Waals surface area contributed by atoms with Gasteiger partial charge < -0.3 is 4.42 Å². The average molecular weight is 303 g/mol. The van der Waals surface area contributed by atoms with Crippen LogP contribution >= 0.6 is 31.9 Å². The van der Waals surface area contributed by atoms with Crippen molar-refractivity contribution in [1.82, 2.24) is 4.98 Å².